The van der Waals surface area contributed by atoms with E-state index in [2.05, 4.69) is 4.98 Å². The molecule has 0 aliphatic heterocycles. The zero-order chi connectivity index (χ0) is 21.9. The molecule has 1 N–H and O–H groups in total. The zero-order valence-electron chi connectivity index (χ0n) is 15.2. The standard InChI is InChI=1S/C19H15F6N3OS/c20-18(21,22)11-26-16(29)10-30-17-27-14-8-13(19(23,24)25)6-7-15(14)28(17)9-12-4-2-1-3-5-12/h1-8H,9-11H2,(H,26,29). The van der Waals surface area contributed by atoms with Gasteiger partial charge in [-0.1, -0.05) is 42.1 Å². The van der Waals surface area contributed by atoms with Gasteiger partial charge in [0, 0.05) is 0 Å². The minimum Gasteiger partial charge on any atom is -0.346 e. The van der Waals surface area contributed by atoms with Crippen molar-refractivity contribution in [3.63, 3.8) is 0 Å². The fourth-order valence-electron chi connectivity index (χ4n) is 2.69. The minimum atomic E-state index is -4.54. The van der Waals surface area contributed by atoms with Crippen LogP contribution in [0.1, 0.15) is 11.1 Å². The van der Waals surface area contributed by atoms with Gasteiger partial charge in [-0.25, -0.2) is 4.98 Å². The van der Waals surface area contributed by atoms with Crippen LogP contribution >= 0.6 is 11.8 Å². The lowest BCUT2D eigenvalue weighted by atomic mass is 10.2. The van der Waals surface area contributed by atoms with Crippen LogP contribution < -0.4 is 5.32 Å². The molecule has 3 aromatic rings. The Balaban J connectivity index is 1.88. The summed E-state index contributed by atoms with van der Waals surface area (Å²) in [7, 11) is 0. The number of nitrogens with one attached hydrogen (secondary N) is 1. The first-order chi connectivity index (χ1) is 14.0. The molecule has 11 heteroatoms. The fraction of sp³-hybridized carbons (Fsp3) is 0.263. The summed E-state index contributed by atoms with van der Waals surface area (Å²) in [4.78, 5) is 15.9. The van der Waals surface area contributed by atoms with Crippen LogP contribution in [0.5, 0.6) is 0 Å². The summed E-state index contributed by atoms with van der Waals surface area (Å²) < 4.78 is 77.4. The highest BCUT2D eigenvalue weighted by Gasteiger charge is 2.31. The summed E-state index contributed by atoms with van der Waals surface area (Å²) >= 11 is 0.855. The van der Waals surface area contributed by atoms with E-state index in [1.54, 1.807) is 22.0 Å². The second-order valence-electron chi connectivity index (χ2n) is 6.35. The lowest BCUT2D eigenvalue weighted by Crippen LogP contribution is -2.34. The van der Waals surface area contributed by atoms with Crippen LogP contribution in [0, 0.1) is 0 Å². The number of imidazole rings is 1. The molecule has 0 aliphatic rings. The normalized spacial score (nSPS) is 12.3. The molecule has 0 aliphatic carbocycles. The Kier molecular flexibility index (Phi) is 6.30. The summed E-state index contributed by atoms with van der Waals surface area (Å²) in [6.07, 6.45) is -9.07. The van der Waals surface area contributed by atoms with Crippen LogP contribution in [-0.4, -0.2) is 33.9 Å². The fourth-order valence-corrected chi connectivity index (χ4v) is 3.54. The maximum Gasteiger partial charge on any atom is 0.416 e. The quantitative estimate of drug-likeness (QED) is 0.433. The molecular formula is C19H15F6N3OS. The second kappa shape index (κ2) is 8.58. The van der Waals surface area contributed by atoms with E-state index in [4.69, 9.17) is 0 Å². The number of carbonyl (C=O) groups is 1. The summed E-state index contributed by atoms with van der Waals surface area (Å²) in [5.74, 6) is -1.22. The van der Waals surface area contributed by atoms with Crippen LogP contribution in [0.3, 0.4) is 0 Å². The van der Waals surface area contributed by atoms with Crippen molar-refractivity contribution in [2.45, 2.75) is 24.1 Å². The highest BCUT2D eigenvalue weighted by atomic mass is 32.2. The predicted octanol–water partition coefficient (Wildman–Crippen LogP) is 4.87. The average Bonchev–Trinajstić information content (AvgIpc) is 3.01. The van der Waals surface area contributed by atoms with Crippen molar-refractivity contribution in [3.05, 3.63) is 59.7 Å². The first kappa shape index (κ1) is 22.0. The van der Waals surface area contributed by atoms with E-state index in [0.717, 1.165) is 29.5 Å². The Labute approximate surface area is 171 Å². The number of amides is 1. The van der Waals surface area contributed by atoms with Crippen LogP contribution in [0.25, 0.3) is 11.0 Å². The molecular weight excluding hydrogens is 432 g/mol. The molecule has 0 atom stereocenters. The molecule has 4 nitrogen and oxygen atoms in total. The Morgan fingerprint density at radius 1 is 1.03 bits per heavy atom. The van der Waals surface area contributed by atoms with Gasteiger partial charge in [0.1, 0.15) is 6.54 Å². The third-order valence-corrected chi connectivity index (χ3v) is 5.02. The van der Waals surface area contributed by atoms with Crippen molar-refractivity contribution in [2.24, 2.45) is 0 Å². The topological polar surface area (TPSA) is 46.9 Å². The van der Waals surface area contributed by atoms with E-state index in [0.29, 0.717) is 5.52 Å². The molecule has 1 aromatic heterocycles. The van der Waals surface area contributed by atoms with Gasteiger partial charge in [0.15, 0.2) is 5.16 Å². The number of carbonyl (C=O) groups excluding carboxylic acids is 1. The van der Waals surface area contributed by atoms with Gasteiger partial charge < -0.3 is 9.88 Å². The molecule has 0 saturated carbocycles. The van der Waals surface area contributed by atoms with Crippen molar-refractivity contribution in [2.75, 3.05) is 12.3 Å². The van der Waals surface area contributed by atoms with Gasteiger partial charge in [-0.2, -0.15) is 26.3 Å². The van der Waals surface area contributed by atoms with Gasteiger partial charge in [0.05, 0.1) is 28.9 Å². The van der Waals surface area contributed by atoms with Gasteiger partial charge >= 0.3 is 12.4 Å². The van der Waals surface area contributed by atoms with Gasteiger partial charge in [-0.15, -0.1) is 0 Å². The number of alkyl halides is 6. The second-order valence-corrected chi connectivity index (χ2v) is 7.29. The van der Waals surface area contributed by atoms with Gasteiger partial charge in [0.25, 0.3) is 0 Å². The van der Waals surface area contributed by atoms with E-state index >= 15 is 0 Å². The maximum atomic E-state index is 13.0. The Bertz CT molecular complexity index is 1030. The minimum absolute atomic E-state index is 0.0824. The Morgan fingerprint density at radius 3 is 2.37 bits per heavy atom. The molecule has 30 heavy (non-hydrogen) atoms. The van der Waals surface area contributed by atoms with Crippen molar-refractivity contribution in [1.82, 2.24) is 14.9 Å². The summed E-state index contributed by atoms with van der Waals surface area (Å²) in [6, 6.07) is 12.2. The van der Waals surface area contributed by atoms with Crippen LogP contribution in [0.2, 0.25) is 0 Å². The van der Waals surface area contributed by atoms with E-state index in [1.807, 2.05) is 18.2 Å². The number of halogens is 6. The van der Waals surface area contributed by atoms with Crippen molar-refractivity contribution in [1.29, 1.82) is 0 Å². The SMILES string of the molecule is O=C(CSc1nc2cc(C(F)(F)F)ccc2n1Cc1ccccc1)NCC(F)(F)F. The number of nitrogens with zero attached hydrogens (tertiary/aromatic N) is 2. The van der Waals surface area contributed by atoms with Gasteiger partial charge in [-0.3, -0.25) is 4.79 Å². The van der Waals surface area contributed by atoms with Crippen LogP contribution in [0.15, 0.2) is 53.7 Å². The zero-order valence-corrected chi connectivity index (χ0v) is 16.0. The van der Waals surface area contributed by atoms with Crippen LogP contribution in [0.4, 0.5) is 26.3 Å². The molecule has 3 rings (SSSR count). The number of rotatable bonds is 6. The number of aromatic nitrogens is 2. The van der Waals surface area contributed by atoms with Gasteiger partial charge in [0.2, 0.25) is 5.91 Å². The number of fused-ring (bicyclic) bond motifs is 1. The lowest BCUT2D eigenvalue weighted by molar-refractivity contribution is -0.137. The summed E-state index contributed by atoms with van der Waals surface area (Å²) in [5, 5.41) is 1.99. The molecule has 0 spiro atoms. The largest absolute Gasteiger partial charge is 0.416 e. The number of hydrogen-bond acceptors (Lipinski definition) is 3. The molecule has 160 valence electrons. The van der Waals surface area contributed by atoms with E-state index < -0.39 is 30.4 Å². The van der Waals surface area contributed by atoms with Crippen molar-refractivity contribution >= 4 is 28.7 Å². The van der Waals surface area contributed by atoms with Crippen molar-refractivity contribution < 1.29 is 31.1 Å². The third-order valence-electron chi connectivity index (χ3n) is 4.04. The molecule has 0 fully saturated rings. The molecule has 0 bridgehead atoms. The molecule has 0 unspecified atom stereocenters. The number of thioether (sulfide) groups is 1. The molecule has 1 heterocycles. The van der Waals surface area contributed by atoms with Crippen LogP contribution in [-0.2, 0) is 17.5 Å². The molecule has 1 amide bonds. The third kappa shape index (κ3) is 5.68. The molecule has 0 radical (unpaired) electrons. The number of benzene rings is 2. The monoisotopic (exact) mass is 447 g/mol. The molecule has 2 aromatic carbocycles. The highest BCUT2D eigenvalue weighted by Crippen LogP contribution is 2.33. The van der Waals surface area contributed by atoms with Gasteiger partial charge in [-0.05, 0) is 23.8 Å². The first-order valence-corrected chi connectivity index (χ1v) is 9.59. The molecule has 0 saturated heterocycles. The Hall–Kier alpha value is -2.69. The van der Waals surface area contributed by atoms with Crippen molar-refractivity contribution in [3.8, 4) is 0 Å². The van der Waals surface area contributed by atoms with E-state index in [1.165, 1.54) is 6.07 Å². The predicted molar refractivity (Wildman–Crippen MR) is 100 cm³/mol. The summed E-state index contributed by atoms with van der Waals surface area (Å²) in [6.45, 7) is -1.18. The summed E-state index contributed by atoms with van der Waals surface area (Å²) in [5.41, 5.74) is 0.489. The van der Waals surface area contributed by atoms with E-state index in [-0.39, 0.29) is 23.0 Å². The highest BCUT2D eigenvalue weighted by molar-refractivity contribution is 7.99. The Morgan fingerprint density at radius 2 is 1.73 bits per heavy atom. The van der Waals surface area contributed by atoms with E-state index in [9.17, 15) is 31.1 Å². The number of hydrogen-bond donors (Lipinski definition) is 1. The first-order valence-electron chi connectivity index (χ1n) is 8.60. The average molecular weight is 447 g/mol. The lowest BCUT2D eigenvalue weighted by Gasteiger charge is -2.11. The smallest absolute Gasteiger partial charge is 0.346 e. The maximum absolute atomic E-state index is 13.0.